The summed E-state index contributed by atoms with van der Waals surface area (Å²) in [5.41, 5.74) is 0. The number of rotatable bonds is 7. The third-order valence-corrected chi connectivity index (χ3v) is 3.23. The van der Waals surface area contributed by atoms with E-state index in [1.54, 1.807) is 0 Å². The van der Waals surface area contributed by atoms with Gasteiger partial charge in [0.25, 0.3) is 0 Å². The van der Waals surface area contributed by atoms with Crippen LogP contribution in [0, 0.1) is 0 Å². The SMILES string of the molecule is CCCO[SiH](CC)OCCC. The molecule has 0 unspecified atom stereocenters. The Morgan fingerprint density at radius 3 is 1.64 bits per heavy atom. The maximum atomic E-state index is 5.56. The van der Waals surface area contributed by atoms with Crippen molar-refractivity contribution in [1.82, 2.24) is 0 Å². The van der Waals surface area contributed by atoms with Crippen LogP contribution in [-0.2, 0) is 8.85 Å². The van der Waals surface area contributed by atoms with E-state index in [1.165, 1.54) is 0 Å². The van der Waals surface area contributed by atoms with Crippen LogP contribution in [-0.4, -0.2) is 22.5 Å². The zero-order chi connectivity index (χ0) is 8.53. The third-order valence-electron chi connectivity index (χ3n) is 1.35. The van der Waals surface area contributed by atoms with Crippen molar-refractivity contribution in [2.75, 3.05) is 13.2 Å². The minimum Gasteiger partial charge on any atom is -0.397 e. The van der Waals surface area contributed by atoms with Crippen LogP contribution in [0.15, 0.2) is 0 Å². The van der Waals surface area contributed by atoms with Crippen LogP contribution in [0.1, 0.15) is 33.6 Å². The van der Waals surface area contributed by atoms with Gasteiger partial charge in [0, 0.05) is 13.2 Å². The van der Waals surface area contributed by atoms with Crippen LogP contribution in [0.3, 0.4) is 0 Å². The molecule has 68 valence electrons. The van der Waals surface area contributed by atoms with Gasteiger partial charge in [0.05, 0.1) is 0 Å². The summed E-state index contributed by atoms with van der Waals surface area (Å²) in [6.45, 7) is 8.13. The quantitative estimate of drug-likeness (QED) is 0.553. The normalized spacial score (nSPS) is 10.9. The summed E-state index contributed by atoms with van der Waals surface area (Å²) in [7, 11) is -1.25. The van der Waals surface area contributed by atoms with Crippen molar-refractivity contribution in [3.8, 4) is 0 Å². The summed E-state index contributed by atoms with van der Waals surface area (Å²) in [5.74, 6) is 0. The third kappa shape index (κ3) is 6.53. The molecule has 11 heavy (non-hydrogen) atoms. The molecule has 0 aliphatic carbocycles. The molecular weight excluding hydrogens is 156 g/mol. The second-order valence-electron chi connectivity index (χ2n) is 2.58. The predicted octanol–water partition coefficient (Wildman–Crippen LogP) is 2.08. The van der Waals surface area contributed by atoms with Crippen LogP contribution < -0.4 is 0 Å². The molecular formula is C8H20O2Si. The molecule has 0 aliphatic heterocycles. The summed E-state index contributed by atoms with van der Waals surface area (Å²) in [4.78, 5) is 0. The highest BCUT2D eigenvalue weighted by atomic mass is 28.3. The predicted molar refractivity (Wildman–Crippen MR) is 50.1 cm³/mol. The van der Waals surface area contributed by atoms with Crippen LogP contribution in [0.2, 0.25) is 6.04 Å². The minimum atomic E-state index is -1.25. The molecule has 0 radical (unpaired) electrons. The molecule has 0 heterocycles. The maximum Gasteiger partial charge on any atom is 0.321 e. The summed E-state index contributed by atoms with van der Waals surface area (Å²) < 4.78 is 11.1. The molecule has 0 saturated heterocycles. The van der Waals surface area contributed by atoms with Crippen molar-refractivity contribution in [1.29, 1.82) is 0 Å². The summed E-state index contributed by atoms with van der Waals surface area (Å²) in [6, 6.07) is 1.08. The maximum absolute atomic E-state index is 5.56. The van der Waals surface area contributed by atoms with E-state index in [1.807, 2.05) is 0 Å². The zero-order valence-electron chi connectivity index (χ0n) is 7.93. The Kier molecular flexibility index (Phi) is 8.34. The molecule has 0 aromatic heterocycles. The van der Waals surface area contributed by atoms with Crippen molar-refractivity contribution in [2.24, 2.45) is 0 Å². The van der Waals surface area contributed by atoms with Crippen molar-refractivity contribution < 1.29 is 8.85 Å². The van der Waals surface area contributed by atoms with Crippen LogP contribution in [0.5, 0.6) is 0 Å². The molecule has 0 spiro atoms. The first-order valence-corrected chi connectivity index (χ1v) is 6.34. The Morgan fingerprint density at radius 1 is 0.909 bits per heavy atom. The van der Waals surface area contributed by atoms with E-state index in [2.05, 4.69) is 20.8 Å². The molecule has 0 aromatic rings. The highest BCUT2D eigenvalue weighted by Crippen LogP contribution is 1.97. The lowest BCUT2D eigenvalue weighted by Crippen LogP contribution is -2.22. The summed E-state index contributed by atoms with van der Waals surface area (Å²) >= 11 is 0. The average Bonchev–Trinajstić information content (AvgIpc) is 2.05. The Morgan fingerprint density at radius 2 is 1.36 bits per heavy atom. The molecule has 0 saturated carbocycles. The summed E-state index contributed by atoms with van der Waals surface area (Å²) in [6.07, 6.45) is 2.19. The first-order valence-electron chi connectivity index (χ1n) is 4.58. The van der Waals surface area contributed by atoms with Crippen LogP contribution >= 0.6 is 0 Å². The second kappa shape index (κ2) is 8.24. The fourth-order valence-electron chi connectivity index (χ4n) is 0.782. The van der Waals surface area contributed by atoms with Gasteiger partial charge in [-0.15, -0.1) is 0 Å². The molecule has 0 aliphatic rings. The molecule has 0 rings (SSSR count). The zero-order valence-corrected chi connectivity index (χ0v) is 9.08. The topological polar surface area (TPSA) is 18.5 Å². The van der Waals surface area contributed by atoms with Gasteiger partial charge in [-0.1, -0.05) is 20.8 Å². The lowest BCUT2D eigenvalue weighted by atomic mass is 10.5. The van der Waals surface area contributed by atoms with Crippen molar-refractivity contribution in [3.05, 3.63) is 0 Å². The Balaban J connectivity index is 3.25. The van der Waals surface area contributed by atoms with Crippen LogP contribution in [0.4, 0.5) is 0 Å². The monoisotopic (exact) mass is 176 g/mol. The van der Waals surface area contributed by atoms with Gasteiger partial charge in [0.2, 0.25) is 0 Å². The van der Waals surface area contributed by atoms with Crippen molar-refractivity contribution in [2.45, 2.75) is 39.7 Å². The highest BCUT2D eigenvalue weighted by Gasteiger charge is 2.08. The largest absolute Gasteiger partial charge is 0.397 e. The Labute approximate surface area is 71.7 Å². The van der Waals surface area contributed by atoms with E-state index >= 15 is 0 Å². The van der Waals surface area contributed by atoms with E-state index in [-0.39, 0.29) is 0 Å². The van der Waals surface area contributed by atoms with Gasteiger partial charge in [-0.2, -0.15) is 0 Å². The fourth-order valence-corrected chi connectivity index (χ4v) is 2.35. The van der Waals surface area contributed by atoms with Gasteiger partial charge < -0.3 is 8.85 Å². The molecule has 0 amide bonds. The average molecular weight is 176 g/mol. The minimum absolute atomic E-state index is 0.869. The first kappa shape index (κ1) is 11.1. The van der Waals surface area contributed by atoms with Gasteiger partial charge in [-0.05, 0) is 18.9 Å². The lowest BCUT2D eigenvalue weighted by molar-refractivity contribution is 0.197. The molecule has 0 aromatic carbocycles. The van der Waals surface area contributed by atoms with Gasteiger partial charge in [-0.3, -0.25) is 0 Å². The van der Waals surface area contributed by atoms with Gasteiger partial charge >= 0.3 is 9.28 Å². The first-order chi connectivity index (χ1) is 5.35. The Hall–Kier alpha value is 0.137. The van der Waals surface area contributed by atoms with Crippen molar-refractivity contribution in [3.63, 3.8) is 0 Å². The van der Waals surface area contributed by atoms with E-state index in [9.17, 15) is 0 Å². The lowest BCUT2D eigenvalue weighted by Gasteiger charge is -2.13. The van der Waals surface area contributed by atoms with Gasteiger partial charge in [-0.25, -0.2) is 0 Å². The van der Waals surface area contributed by atoms with E-state index in [4.69, 9.17) is 8.85 Å². The smallest absolute Gasteiger partial charge is 0.321 e. The van der Waals surface area contributed by atoms with Crippen LogP contribution in [0.25, 0.3) is 0 Å². The van der Waals surface area contributed by atoms with Gasteiger partial charge in [0.15, 0.2) is 0 Å². The van der Waals surface area contributed by atoms with E-state index in [0.717, 1.165) is 32.1 Å². The molecule has 2 nitrogen and oxygen atoms in total. The molecule has 0 bridgehead atoms. The highest BCUT2D eigenvalue weighted by molar-refractivity contribution is 6.44. The fraction of sp³-hybridized carbons (Fsp3) is 1.00. The molecule has 3 heteroatoms. The summed E-state index contributed by atoms with van der Waals surface area (Å²) in [5, 5.41) is 0. The molecule has 0 fully saturated rings. The second-order valence-corrected chi connectivity index (χ2v) is 4.92. The van der Waals surface area contributed by atoms with Gasteiger partial charge in [0.1, 0.15) is 0 Å². The molecule has 0 atom stereocenters. The molecule has 0 N–H and O–H groups in total. The number of hydrogen-bond acceptors (Lipinski definition) is 2. The Bertz CT molecular complexity index is 70.5. The standard InChI is InChI=1S/C8H20O2Si/c1-4-7-9-11(6-3)10-8-5-2/h11H,4-8H2,1-3H3. The van der Waals surface area contributed by atoms with Crippen molar-refractivity contribution >= 4 is 9.28 Å². The number of hydrogen-bond donors (Lipinski definition) is 0. The van der Waals surface area contributed by atoms with E-state index < -0.39 is 9.28 Å². The van der Waals surface area contributed by atoms with E-state index in [0.29, 0.717) is 0 Å².